The van der Waals surface area contributed by atoms with E-state index in [-0.39, 0.29) is 32.9 Å². The molecule has 0 aliphatic heterocycles. The molecule has 1 heterocycles. The number of hydrogen-bond donors (Lipinski definition) is 3. The number of nitrogens with two attached hydrogens (primary N) is 2. The van der Waals surface area contributed by atoms with E-state index in [1.54, 1.807) is 0 Å². The molecule has 8 nitrogen and oxygen atoms in total. The molecule has 0 saturated heterocycles. The summed E-state index contributed by atoms with van der Waals surface area (Å²) in [6.45, 7) is 2.07. The van der Waals surface area contributed by atoms with E-state index in [1.807, 2.05) is 7.05 Å². The summed E-state index contributed by atoms with van der Waals surface area (Å²) in [6, 6.07) is 0.348. The summed E-state index contributed by atoms with van der Waals surface area (Å²) < 4.78 is 0. The molecule has 23 heavy (non-hydrogen) atoms. The lowest BCUT2D eigenvalue weighted by atomic mass is 10.0. The highest BCUT2D eigenvalue weighted by atomic mass is 32.1. The van der Waals surface area contributed by atoms with Crippen molar-refractivity contribution in [2.24, 2.45) is 11.5 Å². The van der Waals surface area contributed by atoms with Gasteiger partial charge in [-0.15, -0.1) is 0 Å². The van der Waals surface area contributed by atoms with Gasteiger partial charge in [0.05, 0.1) is 4.92 Å². The van der Waals surface area contributed by atoms with Crippen LogP contribution in [0.4, 0.5) is 5.69 Å². The molecule has 1 aromatic rings. The van der Waals surface area contributed by atoms with Crippen LogP contribution < -0.4 is 16.8 Å². The Bertz CT molecular complexity index is 619. The normalized spacial score (nSPS) is 11.9. The number of nitro groups is 1. The Morgan fingerprint density at radius 2 is 2.00 bits per heavy atom. The average molecular weight is 356 g/mol. The second kappa shape index (κ2) is 8.75. The van der Waals surface area contributed by atoms with E-state index in [0.29, 0.717) is 18.9 Å². The number of aryl methyl sites for hydroxylation is 1. The van der Waals surface area contributed by atoms with Crippen molar-refractivity contribution in [2.75, 3.05) is 7.05 Å². The van der Waals surface area contributed by atoms with Gasteiger partial charge in [-0.3, -0.25) is 10.1 Å². The molecule has 0 radical (unpaired) electrons. The summed E-state index contributed by atoms with van der Waals surface area (Å²) in [6.07, 6.45) is 2.94. The molecule has 10 heteroatoms. The molecule has 1 rings (SSSR count). The smallest absolute Gasteiger partial charge is 0.319 e. The predicted octanol–water partition coefficient (Wildman–Crippen LogP) is 0.974. The van der Waals surface area contributed by atoms with Crippen molar-refractivity contribution in [2.45, 2.75) is 38.6 Å². The molecule has 0 aromatic carbocycles. The number of nitrogens with zero attached hydrogens (tertiary/aromatic N) is 3. The summed E-state index contributed by atoms with van der Waals surface area (Å²) in [5.41, 5.74) is 11.0. The lowest BCUT2D eigenvalue weighted by molar-refractivity contribution is -0.386. The third-order valence-corrected chi connectivity index (χ3v) is 3.84. The van der Waals surface area contributed by atoms with Crippen molar-refractivity contribution < 1.29 is 4.92 Å². The van der Waals surface area contributed by atoms with Gasteiger partial charge in [-0.25, -0.2) is 9.97 Å². The van der Waals surface area contributed by atoms with Crippen LogP contribution in [-0.2, 0) is 6.42 Å². The minimum atomic E-state index is -0.567. The van der Waals surface area contributed by atoms with Crippen molar-refractivity contribution >= 4 is 40.1 Å². The summed E-state index contributed by atoms with van der Waals surface area (Å²) >= 11 is 9.71. The molecule has 0 spiro atoms. The predicted molar refractivity (Wildman–Crippen MR) is 96.5 cm³/mol. The maximum atomic E-state index is 11.4. The topological polar surface area (TPSA) is 133 Å². The van der Waals surface area contributed by atoms with Crippen LogP contribution in [-0.4, -0.2) is 38.0 Å². The van der Waals surface area contributed by atoms with E-state index in [0.717, 1.165) is 12.8 Å². The average Bonchev–Trinajstić information content (AvgIpc) is 2.50. The Hall–Kier alpha value is -1.78. The molecule has 1 unspecified atom stereocenters. The van der Waals surface area contributed by atoms with Gasteiger partial charge in [0, 0.05) is 6.04 Å². The van der Waals surface area contributed by atoms with Gasteiger partial charge in [0.2, 0.25) is 0 Å². The van der Waals surface area contributed by atoms with Crippen LogP contribution >= 0.6 is 24.4 Å². The highest BCUT2D eigenvalue weighted by molar-refractivity contribution is 7.81. The van der Waals surface area contributed by atoms with E-state index < -0.39 is 4.92 Å². The van der Waals surface area contributed by atoms with Crippen LogP contribution in [0.15, 0.2) is 0 Å². The van der Waals surface area contributed by atoms with E-state index in [2.05, 4.69) is 22.2 Å². The Morgan fingerprint density at radius 3 is 2.43 bits per heavy atom. The first kappa shape index (κ1) is 19.3. The molecular formula is C13H20N6O2S2. The van der Waals surface area contributed by atoms with Crippen molar-refractivity contribution in [3.63, 3.8) is 0 Å². The molecule has 5 N–H and O–H groups in total. The van der Waals surface area contributed by atoms with E-state index in [9.17, 15) is 10.1 Å². The van der Waals surface area contributed by atoms with Gasteiger partial charge in [0.25, 0.3) is 0 Å². The molecule has 0 fully saturated rings. The van der Waals surface area contributed by atoms with E-state index >= 15 is 0 Å². The monoisotopic (exact) mass is 356 g/mol. The molecule has 126 valence electrons. The molecule has 0 bridgehead atoms. The third-order valence-electron chi connectivity index (χ3n) is 3.46. The van der Waals surface area contributed by atoms with E-state index in [4.69, 9.17) is 35.9 Å². The first-order chi connectivity index (χ1) is 10.8. The largest absolute Gasteiger partial charge is 0.388 e. The Balaban J connectivity index is 3.19. The highest BCUT2D eigenvalue weighted by Crippen LogP contribution is 2.23. The number of aromatic nitrogens is 2. The maximum absolute atomic E-state index is 11.4. The van der Waals surface area contributed by atoms with Crippen LogP contribution in [0.3, 0.4) is 0 Å². The zero-order chi connectivity index (χ0) is 17.6. The second-order valence-corrected chi connectivity index (χ2v) is 5.84. The Labute approximate surface area is 145 Å². The van der Waals surface area contributed by atoms with Gasteiger partial charge in [-0.1, -0.05) is 31.4 Å². The molecule has 0 aliphatic carbocycles. The lowest BCUT2D eigenvalue weighted by Gasteiger charge is -2.13. The summed E-state index contributed by atoms with van der Waals surface area (Å²) in [5, 5.41) is 14.6. The zero-order valence-electron chi connectivity index (χ0n) is 13.0. The van der Waals surface area contributed by atoms with Gasteiger partial charge < -0.3 is 16.8 Å². The van der Waals surface area contributed by atoms with Crippen LogP contribution in [0.25, 0.3) is 0 Å². The molecule has 1 aromatic heterocycles. The van der Waals surface area contributed by atoms with Crippen molar-refractivity contribution in [3.8, 4) is 0 Å². The fourth-order valence-corrected chi connectivity index (χ4v) is 2.45. The second-order valence-electron chi connectivity index (χ2n) is 4.96. The van der Waals surface area contributed by atoms with Gasteiger partial charge >= 0.3 is 5.69 Å². The summed E-state index contributed by atoms with van der Waals surface area (Å²) in [7, 11) is 1.89. The molecule has 0 amide bonds. The van der Waals surface area contributed by atoms with Crippen molar-refractivity contribution in [1.29, 1.82) is 0 Å². The van der Waals surface area contributed by atoms with Crippen LogP contribution in [0.5, 0.6) is 0 Å². The molecule has 1 atom stereocenters. The molecule has 0 saturated carbocycles. The van der Waals surface area contributed by atoms with Gasteiger partial charge in [-0.05, 0) is 32.7 Å². The first-order valence-corrected chi connectivity index (χ1v) is 7.95. The standard InChI is InChI=1S/C13H20N6O2S2/c1-3-7(16-2)5-4-6-8-10(19(20)21)9(11(14)22)18-13(17-8)12(15)23/h7,16H,3-6H2,1-2H3,(H2,14,22)(H2,15,23). The SMILES string of the molecule is CCC(CCCc1nc(C(N)=S)nc(C(N)=S)c1[N+](=O)[O-])NC. The molecule has 0 aliphatic rings. The van der Waals surface area contributed by atoms with Crippen LogP contribution in [0, 0.1) is 10.1 Å². The van der Waals surface area contributed by atoms with Crippen LogP contribution in [0.2, 0.25) is 0 Å². The Morgan fingerprint density at radius 1 is 1.35 bits per heavy atom. The van der Waals surface area contributed by atoms with Gasteiger partial charge in [0.15, 0.2) is 11.5 Å². The van der Waals surface area contributed by atoms with E-state index in [1.165, 1.54) is 0 Å². The van der Waals surface area contributed by atoms with Gasteiger partial charge in [0.1, 0.15) is 15.7 Å². The quantitative estimate of drug-likeness (QED) is 0.336. The lowest BCUT2D eigenvalue weighted by Crippen LogP contribution is -2.25. The zero-order valence-corrected chi connectivity index (χ0v) is 14.7. The molecular weight excluding hydrogens is 336 g/mol. The number of rotatable bonds is 9. The van der Waals surface area contributed by atoms with Crippen molar-refractivity contribution in [1.82, 2.24) is 15.3 Å². The van der Waals surface area contributed by atoms with Crippen LogP contribution in [0.1, 0.15) is 43.4 Å². The van der Waals surface area contributed by atoms with Crippen molar-refractivity contribution in [3.05, 3.63) is 27.3 Å². The Kier molecular flexibility index (Phi) is 7.33. The highest BCUT2D eigenvalue weighted by Gasteiger charge is 2.26. The van der Waals surface area contributed by atoms with Gasteiger partial charge in [-0.2, -0.15) is 0 Å². The summed E-state index contributed by atoms with van der Waals surface area (Å²) in [4.78, 5) is 18.6. The summed E-state index contributed by atoms with van der Waals surface area (Å²) in [5.74, 6) is 0.0454. The minimum absolute atomic E-state index is 0.0454. The minimum Gasteiger partial charge on any atom is -0.388 e. The number of thiocarbonyl (C=S) groups is 2. The first-order valence-electron chi connectivity index (χ1n) is 7.13. The third kappa shape index (κ3) is 5.12. The fraction of sp³-hybridized carbons (Fsp3) is 0.538. The number of nitrogens with one attached hydrogen (secondary N) is 1. The fourth-order valence-electron chi connectivity index (χ4n) is 2.22. The number of hydrogen-bond acceptors (Lipinski definition) is 7. The maximum Gasteiger partial charge on any atom is 0.319 e.